The summed E-state index contributed by atoms with van der Waals surface area (Å²) in [6, 6.07) is 24.4. The van der Waals surface area contributed by atoms with Crippen molar-refractivity contribution < 1.29 is 0 Å². The number of nitrogens with zero attached hydrogens (tertiary/aromatic N) is 2. The van der Waals surface area contributed by atoms with E-state index >= 15 is 0 Å². The number of benzene rings is 3. The monoisotopic (exact) mass is 401 g/mol. The van der Waals surface area contributed by atoms with E-state index in [1.54, 1.807) is 0 Å². The van der Waals surface area contributed by atoms with Crippen molar-refractivity contribution in [2.24, 2.45) is 0 Å². The van der Waals surface area contributed by atoms with Crippen LogP contribution in [0.4, 0.5) is 5.69 Å². The Balaban J connectivity index is 1.67. The predicted octanol–water partition coefficient (Wildman–Crippen LogP) is 6.86. The second-order valence-corrected chi connectivity index (χ2v) is 8.58. The molecule has 0 saturated carbocycles. The highest BCUT2D eigenvalue weighted by molar-refractivity contribution is 6.33. The van der Waals surface area contributed by atoms with E-state index in [-0.39, 0.29) is 5.41 Å². The van der Waals surface area contributed by atoms with Crippen molar-refractivity contribution in [2.45, 2.75) is 32.7 Å². The Morgan fingerprint density at radius 3 is 2.24 bits per heavy atom. The number of fused-ring (bicyclic) bond motifs is 1. The summed E-state index contributed by atoms with van der Waals surface area (Å²) < 4.78 is 0. The van der Waals surface area contributed by atoms with Gasteiger partial charge >= 0.3 is 0 Å². The molecule has 0 spiro atoms. The van der Waals surface area contributed by atoms with Crippen LogP contribution in [0, 0.1) is 0 Å². The summed E-state index contributed by atoms with van der Waals surface area (Å²) in [5.74, 6) is 0.647. The number of hydrogen-bond acceptors (Lipinski definition) is 3. The van der Waals surface area contributed by atoms with E-state index in [2.05, 4.69) is 56.4 Å². The molecule has 0 radical (unpaired) electrons. The Kier molecular flexibility index (Phi) is 5.25. The summed E-state index contributed by atoms with van der Waals surface area (Å²) in [4.78, 5) is 9.58. The van der Waals surface area contributed by atoms with Gasteiger partial charge in [0.25, 0.3) is 0 Å². The molecular formula is C25H24ClN3. The zero-order chi connectivity index (χ0) is 20.4. The minimum Gasteiger partial charge on any atom is -0.379 e. The lowest BCUT2D eigenvalue weighted by Crippen LogP contribution is -2.11. The van der Waals surface area contributed by atoms with E-state index in [1.807, 2.05) is 42.5 Å². The van der Waals surface area contributed by atoms with Crippen molar-refractivity contribution in [1.82, 2.24) is 9.97 Å². The molecule has 146 valence electrons. The van der Waals surface area contributed by atoms with Gasteiger partial charge in [-0.15, -0.1) is 0 Å². The smallest absolute Gasteiger partial charge is 0.161 e. The highest BCUT2D eigenvalue weighted by Crippen LogP contribution is 2.28. The molecule has 3 nitrogen and oxygen atoms in total. The molecular weight excluding hydrogens is 378 g/mol. The largest absolute Gasteiger partial charge is 0.379 e. The van der Waals surface area contributed by atoms with Crippen LogP contribution in [0.1, 0.15) is 32.0 Å². The zero-order valence-electron chi connectivity index (χ0n) is 16.9. The molecule has 0 aliphatic rings. The fourth-order valence-corrected chi connectivity index (χ4v) is 3.53. The lowest BCUT2D eigenvalue weighted by atomic mass is 9.87. The van der Waals surface area contributed by atoms with Crippen molar-refractivity contribution in [3.05, 3.63) is 89.1 Å². The maximum atomic E-state index is 6.39. The molecule has 1 aromatic heterocycles. The molecule has 4 aromatic rings. The average Bonchev–Trinajstić information content (AvgIpc) is 2.72. The molecule has 3 aromatic carbocycles. The highest BCUT2D eigenvalue weighted by atomic mass is 35.5. The first-order valence-corrected chi connectivity index (χ1v) is 10.1. The van der Waals surface area contributed by atoms with Gasteiger partial charge < -0.3 is 5.32 Å². The van der Waals surface area contributed by atoms with Crippen LogP contribution in [0.5, 0.6) is 0 Å². The zero-order valence-corrected chi connectivity index (χ0v) is 17.7. The summed E-state index contributed by atoms with van der Waals surface area (Å²) in [6.45, 7) is 7.27. The molecule has 1 N–H and O–H groups in total. The third-order valence-electron chi connectivity index (χ3n) is 5.01. The fourth-order valence-electron chi connectivity index (χ4n) is 3.31. The molecule has 0 atom stereocenters. The van der Waals surface area contributed by atoms with Crippen LogP contribution in [0.25, 0.3) is 22.3 Å². The van der Waals surface area contributed by atoms with Gasteiger partial charge in [0.1, 0.15) is 0 Å². The summed E-state index contributed by atoms with van der Waals surface area (Å²) in [5, 5.41) is 5.20. The number of hydrogen-bond donors (Lipinski definition) is 1. The van der Waals surface area contributed by atoms with Crippen LogP contribution in [-0.2, 0) is 12.0 Å². The molecule has 4 rings (SSSR count). The molecule has 0 saturated heterocycles. The van der Waals surface area contributed by atoms with Crippen molar-refractivity contribution in [3.8, 4) is 11.4 Å². The number of halogens is 1. The van der Waals surface area contributed by atoms with Gasteiger partial charge in [-0.25, -0.2) is 9.97 Å². The second kappa shape index (κ2) is 7.84. The third-order valence-corrected chi connectivity index (χ3v) is 5.34. The van der Waals surface area contributed by atoms with Gasteiger partial charge in [-0.3, -0.25) is 0 Å². The summed E-state index contributed by atoms with van der Waals surface area (Å²) >= 11 is 6.39. The molecule has 4 heteroatoms. The molecule has 0 amide bonds. The maximum absolute atomic E-state index is 6.39. The fraction of sp³-hybridized carbons (Fsp3) is 0.200. The molecule has 0 fully saturated rings. The van der Waals surface area contributed by atoms with Crippen molar-refractivity contribution in [1.29, 1.82) is 0 Å². The summed E-state index contributed by atoms with van der Waals surface area (Å²) in [5.41, 5.74) is 5.24. The molecule has 29 heavy (non-hydrogen) atoms. The first-order valence-electron chi connectivity index (χ1n) is 9.77. The summed E-state index contributed by atoms with van der Waals surface area (Å²) in [7, 11) is 0. The summed E-state index contributed by atoms with van der Waals surface area (Å²) in [6.07, 6.45) is 0. The lowest BCUT2D eigenvalue weighted by Gasteiger charge is -2.19. The standard InChI is InChI=1S/C25H24ClN3/c1-25(2,3)17-12-14-18(15-13-17)27-16-23-20-9-5-7-11-22(20)28-24(29-23)19-8-4-6-10-21(19)26/h4-15,27H,16H2,1-3H3. The number of nitrogens with one attached hydrogen (secondary N) is 1. The lowest BCUT2D eigenvalue weighted by molar-refractivity contribution is 0.590. The van der Waals surface area contributed by atoms with E-state index in [1.165, 1.54) is 5.56 Å². The normalized spacial score (nSPS) is 11.6. The number of para-hydroxylation sites is 1. The van der Waals surface area contributed by atoms with E-state index < -0.39 is 0 Å². The van der Waals surface area contributed by atoms with Crippen molar-refractivity contribution in [2.75, 3.05) is 5.32 Å². The number of rotatable bonds is 4. The van der Waals surface area contributed by atoms with Crippen LogP contribution in [0.3, 0.4) is 0 Å². The Hall–Kier alpha value is -2.91. The Bertz CT molecular complexity index is 1140. The van der Waals surface area contributed by atoms with E-state index in [0.717, 1.165) is 27.8 Å². The van der Waals surface area contributed by atoms with Crippen LogP contribution >= 0.6 is 11.6 Å². The second-order valence-electron chi connectivity index (χ2n) is 8.17. The Morgan fingerprint density at radius 2 is 1.52 bits per heavy atom. The third kappa shape index (κ3) is 4.25. The van der Waals surface area contributed by atoms with Crippen LogP contribution < -0.4 is 5.32 Å². The highest BCUT2D eigenvalue weighted by Gasteiger charge is 2.14. The first-order chi connectivity index (χ1) is 13.9. The van der Waals surface area contributed by atoms with Crippen molar-refractivity contribution >= 4 is 28.2 Å². The first kappa shape index (κ1) is 19.4. The van der Waals surface area contributed by atoms with E-state index in [0.29, 0.717) is 17.4 Å². The Morgan fingerprint density at radius 1 is 0.828 bits per heavy atom. The Labute approximate surface area is 176 Å². The molecule has 0 aliphatic heterocycles. The van der Waals surface area contributed by atoms with E-state index in [9.17, 15) is 0 Å². The van der Waals surface area contributed by atoms with Gasteiger partial charge in [0.05, 0.1) is 22.8 Å². The minimum atomic E-state index is 0.144. The molecule has 0 bridgehead atoms. The van der Waals surface area contributed by atoms with Crippen LogP contribution in [0.15, 0.2) is 72.8 Å². The number of aromatic nitrogens is 2. The quantitative estimate of drug-likeness (QED) is 0.406. The molecule has 0 unspecified atom stereocenters. The van der Waals surface area contributed by atoms with Gasteiger partial charge in [-0.1, -0.05) is 74.8 Å². The molecule has 1 heterocycles. The van der Waals surface area contributed by atoms with Gasteiger partial charge in [0.15, 0.2) is 5.82 Å². The van der Waals surface area contributed by atoms with Crippen molar-refractivity contribution in [3.63, 3.8) is 0 Å². The van der Waals surface area contributed by atoms with Crippen LogP contribution in [-0.4, -0.2) is 9.97 Å². The van der Waals surface area contributed by atoms with E-state index in [4.69, 9.17) is 21.6 Å². The predicted molar refractivity (Wildman–Crippen MR) is 122 cm³/mol. The average molecular weight is 402 g/mol. The van der Waals surface area contributed by atoms with Crippen LogP contribution in [0.2, 0.25) is 5.02 Å². The topological polar surface area (TPSA) is 37.8 Å². The van der Waals surface area contributed by atoms with Gasteiger partial charge in [0, 0.05) is 16.6 Å². The SMILES string of the molecule is CC(C)(C)c1ccc(NCc2nc(-c3ccccc3Cl)nc3ccccc23)cc1. The molecule has 0 aliphatic carbocycles. The minimum absolute atomic E-state index is 0.144. The number of anilines is 1. The van der Waals surface area contributed by atoms with Gasteiger partial charge in [-0.05, 0) is 41.3 Å². The van der Waals surface area contributed by atoms with Gasteiger partial charge in [0.2, 0.25) is 0 Å². The maximum Gasteiger partial charge on any atom is 0.161 e. The van der Waals surface area contributed by atoms with Gasteiger partial charge in [-0.2, -0.15) is 0 Å².